The van der Waals surface area contributed by atoms with E-state index in [0.29, 0.717) is 11.7 Å². The lowest BCUT2D eigenvalue weighted by Gasteiger charge is -2.13. The molecule has 3 nitrogen and oxygen atoms in total. The van der Waals surface area contributed by atoms with E-state index in [1.165, 1.54) is 0 Å². The van der Waals surface area contributed by atoms with Crippen molar-refractivity contribution in [2.45, 2.75) is 33.1 Å². The largest absolute Gasteiger partial charge is 0.384 e. The number of aryl methyl sites for hydroxylation is 1. The summed E-state index contributed by atoms with van der Waals surface area (Å²) in [6, 6.07) is 8.05. The van der Waals surface area contributed by atoms with Gasteiger partial charge in [-0.1, -0.05) is 20.8 Å². The van der Waals surface area contributed by atoms with E-state index >= 15 is 0 Å². The van der Waals surface area contributed by atoms with Gasteiger partial charge in [0, 0.05) is 17.5 Å². The van der Waals surface area contributed by atoms with Crippen LogP contribution in [0.2, 0.25) is 0 Å². The van der Waals surface area contributed by atoms with Gasteiger partial charge < -0.3 is 5.73 Å². The maximum atomic E-state index is 5.78. The van der Waals surface area contributed by atoms with Gasteiger partial charge in [0.2, 0.25) is 0 Å². The van der Waals surface area contributed by atoms with Crippen molar-refractivity contribution >= 4 is 5.82 Å². The van der Waals surface area contributed by atoms with Crippen molar-refractivity contribution in [1.82, 2.24) is 9.97 Å². The Balaban J connectivity index is 2.55. The Morgan fingerprint density at radius 3 is 2.67 bits per heavy atom. The highest BCUT2D eigenvalue weighted by Gasteiger charge is 2.11. The molecule has 2 aromatic heterocycles. The molecule has 2 N–H and O–H groups in total. The van der Waals surface area contributed by atoms with Crippen LogP contribution < -0.4 is 5.73 Å². The van der Waals surface area contributed by atoms with Gasteiger partial charge in [0.1, 0.15) is 5.82 Å². The van der Waals surface area contributed by atoms with E-state index in [1.807, 2.05) is 24.4 Å². The van der Waals surface area contributed by atoms with Crippen LogP contribution in [0.4, 0.5) is 5.82 Å². The first-order chi connectivity index (χ1) is 8.61. The first-order valence-electron chi connectivity index (χ1n) is 6.33. The van der Waals surface area contributed by atoms with Crippen LogP contribution in [0.3, 0.4) is 0 Å². The second-order valence-electron chi connectivity index (χ2n) is 4.71. The van der Waals surface area contributed by atoms with Gasteiger partial charge in [-0.2, -0.15) is 0 Å². The third kappa shape index (κ3) is 2.50. The number of anilines is 1. The number of rotatable bonds is 3. The molecular weight excluding hydrogens is 222 g/mol. The fraction of sp³-hybridized carbons (Fsp3) is 0.333. The Hall–Kier alpha value is -1.90. The van der Waals surface area contributed by atoms with Gasteiger partial charge >= 0.3 is 0 Å². The van der Waals surface area contributed by atoms with Crippen LogP contribution in [0.1, 0.15) is 38.1 Å². The molecule has 2 rings (SSSR count). The monoisotopic (exact) mass is 241 g/mol. The molecular formula is C15H19N3. The van der Waals surface area contributed by atoms with Crippen molar-refractivity contribution in [3.8, 4) is 11.1 Å². The van der Waals surface area contributed by atoms with Crippen LogP contribution in [0, 0.1) is 0 Å². The summed E-state index contributed by atoms with van der Waals surface area (Å²) in [6.07, 6.45) is 2.79. The summed E-state index contributed by atoms with van der Waals surface area (Å²) in [5.74, 6) is 0.925. The number of aromatic nitrogens is 2. The van der Waals surface area contributed by atoms with Crippen LogP contribution in [-0.4, -0.2) is 9.97 Å². The normalized spacial score (nSPS) is 10.9. The Morgan fingerprint density at radius 2 is 2.00 bits per heavy atom. The number of hydrogen-bond donors (Lipinski definition) is 1. The molecule has 0 amide bonds. The highest BCUT2D eigenvalue weighted by molar-refractivity contribution is 5.67. The molecule has 0 atom stereocenters. The summed E-state index contributed by atoms with van der Waals surface area (Å²) in [6.45, 7) is 6.37. The minimum absolute atomic E-state index is 0.349. The molecule has 2 heterocycles. The second-order valence-corrected chi connectivity index (χ2v) is 4.71. The summed E-state index contributed by atoms with van der Waals surface area (Å²) >= 11 is 0. The van der Waals surface area contributed by atoms with Gasteiger partial charge in [-0.15, -0.1) is 0 Å². The van der Waals surface area contributed by atoms with E-state index in [9.17, 15) is 0 Å². The lowest BCUT2D eigenvalue weighted by atomic mass is 9.97. The molecule has 0 unspecified atom stereocenters. The quantitative estimate of drug-likeness (QED) is 0.895. The SMILES string of the molecule is CCc1cc(-c2ccc(N)nc2C(C)C)ccn1. The van der Waals surface area contributed by atoms with E-state index in [0.717, 1.165) is 28.9 Å². The van der Waals surface area contributed by atoms with Crippen molar-refractivity contribution in [3.63, 3.8) is 0 Å². The molecule has 94 valence electrons. The second kappa shape index (κ2) is 5.17. The summed E-state index contributed by atoms with van der Waals surface area (Å²) in [7, 11) is 0. The molecule has 0 aromatic carbocycles. The number of nitrogen functional groups attached to an aromatic ring is 1. The molecule has 0 aliphatic heterocycles. The molecule has 18 heavy (non-hydrogen) atoms. The van der Waals surface area contributed by atoms with Crippen LogP contribution in [-0.2, 0) is 6.42 Å². The average molecular weight is 241 g/mol. The summed E-state index contributed by atoms with van der Waals surface area (Å²) in [4.78, 5) is 8.79. The van der Waals surface area contributed by atoms with Gasteiger partial charge in [-0.05, 0) is 42.2 Å². The fourth-order valence-electron chi connectivity index (χ4n) is 2.01. The summed E-state index contributed by atoms with van der Waals surface area (Å²) in [5, 5.41) is 0. The Labute approximate surface area is 108 Å². The van der Waals surface area contributed by atoms with Crippen LogP contribution in [0.25, 0.3) is 11.1 Å². The zero-order chi connectivity index (χ0) is 13.1. The highest BCUT2D eigenvalue weighted by Crippen LogP contribution is 2.28. The smallest absolute Gasteiger partial charge is 0.123 e. The minimum atomic E-state index is 0.349. The van der Waals surface area contributed by atoms with Gasteiger partial charge in [0.05, 0.1) is 5.69 Å². The minimum Gasteiger partial charge on any atom is -0.384 e. The van der Waals surface area contributed by atoms with Crippen molar-refractivity contribution < 1.29 is 0 Å². The standard InChI is InChI=1S/C15H19N3/c1-4-12-9-11(7-8-17-12)13-5-6-14(16)18-15(13)10(2)3/h5-10H,4H2,1-3H3,(H2,16,18). The maximum Gasteiger partial charge on any atom is 0.123 e. The zero-order valence-corrected chi connectivity index (χ0v) is 11.1. The van der Waals surface area contributed by atoms with Gasteiger partial charge in [-0.3, -0.25) is 4.98 Å². The average Bonchev–Trinajstić information content (AvgIpc) is 2.38. The number of nitrogens with two attached hydrogens (primary N) is 1. The Morgan fingerprint density at radius 1 is 1.22 bits per heavy atom. The van der Waals surface area contributed by atoms with Gasteiger partial charge in [0.15, 0.2) is 0 Å². The summed E-state index contributed by atoms with van der Waals surface area (Å²) < 4.78 is 0. The molecule has 0 saturated carbocycles. The molecule has 0 spiro atoms. The highest BCUT2D eigenvalue weighted by atomic mass is 14.8. The third-order valence-electron chi connectivity index (χ3n) is 2.98. The van der Waals surface area contributed by atoms with Crippen LogP contribution >= 0.6 is 0 Å². The van der Waals surface area contributed by atoms with E-state index < -0.39 is 0 Å². The molecule has 3 heteroatoms. The van der Waals surface area contributed by atoms with E-state index in [4.69, 9.17) is 5.73 Å². The van der Waals surface area contributed by atoms with E-state index in [-0.39, 0.29) is 0 Å². The lowest BCUT2D eigenvalue weighted by molar-refractivity contribution is 0.828. The zero-order valence-electron chi connectivity index (χ0n) is 11.1. The van der Waals surface area contributed by atoms with E-state index in [1.54, 1.807) is 0 Å². The molecule has 2 aromatic rings. The maximum absolute atomic E-state index is 5.78. The van der Waals surface area contributed by atoms with Crippen molar-refractivity contribution in [1.29, 1.82) is 0 Å². The first kappa shape index (κ1) is 12.6. The topological polar surface area (TPSA) is 51.8 Å². The number of hydrogen-bond acceptors (Lipinski definition) is 3. The Bertz CT molecular complexity index is 547. The first-order valence-corrected chi connectivity index (χ1v) is 6.33. The van der Waals surface area contributed by atoms with Crippen molar-refractivity contribution in [2.24, 2.45) is 0 Å². The molecule has 0 radical (unpaired) electrons. The molecule has 0 saturated heterocycles. The van der Waals surface area contributed by atoms with Crippen molar-refractivity contribution in [3.05, 3.63) is 41.9 Å². The van der Waals surface area contributed by atoms with Crippen LogP contribution in [0.5, 0.6) is 0 Å². The summed E-state index contributed by atoms with van der Waals surface area (Å²) in [5.41, 5.74) is 10.2. The van der Waals surface area contributed by atoms with Crippen molar-refractivity contribution in [2.75, 3.05) is 5.73 Å². The lowest BCUT2D eigenvalue weighted by Crippen LogP contribution is -2.01. The molecule has 0 aliphatic carbocycles. The van der Waals surface area contributed by atoms with Gasteiger partial charge in [-0.25, -0.2) is 4.98 Å². The number of nitrogens with zero attached hydrogens (tertiary/aromatic N) is 2. The predicted octanol–water partition coefficient (Wildman–Crippen LogP) is 3.41. The van der Waals surface area contributed by atoms with Crippen LogP contribution in [0.15, 0.2) is 30.5 Å². The number of pyridine rings is 2. The predicted molar refractivity (Wildman–Crippen MR) is 75.3 cm³/mol. The molecule has 0 bridgehead atoms. The third-order valence-corrected chi connectivity index (χ3v) is 2.98. The fourth-order valence-corrected chi connectivity index (χ4v) is 2.01. The van der Waals surface area contributed by atoms with Gasteiger partial charge in [0.25, 0.3) is 0 Å². The Kier molecular flexibility index (Phi) is 3.60. The molecule has 0 fully saturated rings. The van der Waals surface area contributed by atoms with E-state index in [2.05, 4.69) is 36.8 Å². The molecule has 0 aliphatic rings.